The molecule has 1 aromatic rings. The zero-order chi connectivity index (χ0) is 13.1. The van der Waals surface area contributed by atoms with E-state index in [-0.39, 0.29) is 24.0 Å². The lowest BCUT2D eigenvalue weighted by atomic mass is 10.1. The number of fused-ring (bicyclic) bond motifs is 1. The molecule has 0 radical (unpaired) electrons. The van der Waals surface area contributed by atoms with Gasteiger partial charge in [-0.15, -0.1) is 12.3 Å². The molecule has 1 aliphatic heterocycles. The molecule has 18 heavy (non-hydrogen) atoms. The van der Waals surface area contributed by atoms with Gasteiger partial charge >= 0.3 is 5.97 Å². The summed E-state index contributed by atoms with van der Waals surface area (Å²) in [5.74, 6) is 0.299. The zero-order valence-corrected chi connectivity index (χ0v) is 9.38. The summed E-state index contributed by atoms with van der Waals surface area (Å²) in [6.45, 7) is 0. The van der Waals surface area contributed by atoms with Crippen molar-refractivity contribution in [1.29, 1.82) is 0 Å². The molecule has 1 aromatic carbocycles. The predicted octanol–water partition coefficient (Wildman–Crippen LogP) is 1.15. The van der Waals surface area contributed by atoms with Crippen molar-refractivity contribution in [2.45, 2.75) is 12.8 Å². The summed E-state index contributed by atoms with van der Waals surface area (Å²) in [4.78, 5) is 39.7. The maximum atomic E-state index is 11.8. The molecule has 1 aliphatic rings. The molecule has 0 spiro atoms. The zero-order valence-electron chi connectivity index (χ0n) is 9.38. The van der Waals surface area contributed by atoms with Crippen molar-refractivity contribution in [2.75, 3.05) is 0 Å². The van der Waals surface area contributed by atoms with E-state index in [1.54, 1.807) is 12.1 Å². The molecule has 0 saturated heterocycles. The van der Waals surface area contributed by atoms with E-state index < -0.39 is 17.8 Å². The van der Waals surface area contributed by atoms with Crippen LogP contribution in [-0.4, -0.2) is 22.8 Å². The average molecular weight is 243 g/mol. The fourth-order valence-electron chi connectivity index (χ4n) is 1.57. The van der Waals surface area contributed by atoms with E-state index in [2.05, 4.69) is 5.92 Å². The first-order chi connectivity index (χ1) is 8.65. The fourth-order valence-corrected chi connectivity index (χ4v) is 1.57. The minimum Gasteiger partial charge on any atom is -0.330 e. The number of amides is 2. The molecule has 5 heteroatoms. The molecular weight excluding hydrogens is 234 g/mol. The lowest BCUT2D eigenvalue weighted by molar-refractivity contribution is -0.168. The fraction of sp³-hybridized carbons (Fsp3) is 0.154. The maximum Gasteiger partial charge on any atom is 0.334 e. The number of terminal acetylenes is 1. The third-order valence-electron chi connectivity index (χ3n) is 2.42. The summed E-state index contributed by atoms with van der Waals surface area (Å²) in [7, 11) is 0. The normalized spacial score (nSPS) is 13.2. The van der Waals surface area contributed by atoms with Gasteiger partial charge in [0.15, 0.2) is 0 Å². The van der Waals surface area contributed by atoms with Gasteiger partial charge in [0, 0.05) is 6.42 Å². The molecule has 0 saturated carbocycles. The predicted molar refractivity (Wildman–Crippen MR) is 61.1 cm³/mol. The van der Waals surface area contributed by atoms with Crippen LogP contribution in [0.5, 0.6) is 0 Å². The maximum absolute atomic E-state index is 11.8. The number of nitrogens with zero attached hydrogens (tertiary/aromatic N) is 1. The van der Waals surface area contributed by atoms with Crippen LogP contribution in [0.3, 0.4) is 0 Å². The summed E-state index contributed by atoms with van der Waals surface area (Å²) >= 11 is 0. The topological polar surface area (TPSA) is 63.7 Å². The van der Waals surface area contributed by atoms with Gasteiger partial charge in [0.25, 0.3) is 11.8 Å². The van der Waals surface area contributed by atoms with Crippen LogP contribution < -0.4 is 0 Å². The molecule has 0 N–H and O–H groups in total. The highest BCUT2D eigenvalue weighted by atomic mass is 16.7. The van der Waals surface area contributed by atoms with Crippen LogP contribution in [0.15, 0.2) is 24.3 Å². The van der Waals surface area contributed by atoms with Crippen molar-refractivity contribution in [2.24, 2.45) is 0 Å². The van der Waals surface area contributed by atoms with Crippen LogP contribution in [0.4, 0.5) is 0 Å². The molecule has 0 aromatic heterocycles. The minimum absolute atomic E-state index is 0.0378. The molecule has 2 rings (SSSR count). The monoisotopic (exact) mass is 243 g/mol. The summed E-state index contributed by atoms with van der Waals surface area (Å²) in [5.41, 5.74) is 0.458. The van der Waals surface area contributed by atoms with Gasteiger partial charge in [-0.1, -0.05) is 17.2 Å². The third kappa shape index (κ3) is 1.96. The Hall–Kier alpha value is -2.61. The highest BCUT2D eigenvalue weighted by molar-refractivity contribution is 6.20. The number of benzene rings is 1. The van der Waals surface area contributed by atoms with Crippen molar-refractivity contribution in [3.05, 3.63) is 35.4 Å². The molecule has 2 amide bonds. The number of carbonyl (C=O) groups is 3. The van der Waals surface area contributed by atoms with Gasteiger partial charge < -0.3 is 4.84 Å². The molecule has 0 aliphatic carbocycles. The van der Waals surface area contributed by atoms with E-state index >= 15 is 0 Å². The standard InChI is InChI=1S/C13H9NO4/c1-2-3-8-11(15)18-14-12(16)9-6-4-5-7-10(9)13(14)17/h1,4-7H,3,8H2. The largest absolute Gasteiger partial charge is 0.334 e. The van der Waals surface area contributed by atoms with Crippen molar-refractivity contribution in [1.82, 2.24) is 5.06 Å². The van der Waals surface area contributed by atoms with Crippen molar-refractivity contribution in [3.63, 3.8) is 0 Å². The number of imide groups is 1. The van der Waals surface area contributed by atoms with Crippen LogP contribution in [0, 0.1) is 12.3 Å². The highest BCUT2D eigenvalue weighted by Gasteiger charge is 2.38. The Morgan fingerprint density at radius 3 is 2.28 bits per heavy atom. The van der Waals surface area contributed by atoms with Crippen molar-refractivity contribution < 1.29 is 19.2 Å². The van der Waals surface area contributed by atoms with Crippen molar-refractivity contribution in [3.8, 4) is 12.3 Å². The second kappa shape index (κ2) is 4.72. The first kappa shape index (κ1) is 11.9. The molecule has 0 unspecified atom stereocenters. The molecule has 90 valence electrons. The van der Waals surface area contributed by atoms with Gasteiger partial charge in [-0.25, -0.2) is 4.79 Å². The van der Waals surface area contributed by atoms with Gasteiger partial charge in [0.05, 0.1) is 17.5 Å². The van der Waals surface area contributed by atoms with E-state index in [9.17, 15) is 14.4 Å². The molecule has 5 nitrogen and oxygen atoms in total. The number of rotatable bonds is 3. The van der Waals surface area contributed by atoms with Gasteiger partial charge in [-0.05, 0) is 12.1 Å². The minimum atomic E-state index is -0.706. The lowest BCUT2D eigenvalue weighted by Gasteiger charge is -2.11. The van der Waals surface area contributed by atoms with E-state index in [0.29, 0.717) is 5.06 Å². The number of hydrogen-bond donors (Lipinski definition) is 0. The van der Waals surface area contributed by atoms with Crippen LogP contribution in [0.25, 0.3) is 0 Å². The van der Waals surface area contributed by atoms with E-state index in [4.69, 9.17) is 11.3 Å². The SMILES string of the molecule is C#CCCC(=O)ON1C(=O)c2ccccc2C1=O. The molecular formula is C13H9NO4. The summed E-state index contributed by atoms with van der Waals surface area (Å²) < 4.78 is 0. The third-order valence-corrected chi connectivity index (χ3v) is 2.42. The molecule has 1 heterocycles. The second-order valence-corrected chi connectivity index (χ2v) is 3.62. The smallest absolute Gasteiger partial charge is 0.330 e. The molecule has 0 atom stereocenters. The van der Waals surface area contributed by atoms with Crippen LogP contribution in [0.2, 0.25) is 0 Å². The van der Waals surface area contributed by atoms with Crippen molar-refractivity contribution >= 4 is 17.8 Å². The number of hydroxylamine groups is 2. The first-order valence-corrected chi connectivity index (χ1v) is 5.27. The summed E-state index contributed by atoms with van der Waals surface area (Å²) in [5, 5.41) is 0.476. The van der Waals surface area contributed by atoms with E-state index in [1.807, 2.05) is 0 Å². The Bertz CT molecular complexity index is 536. The Morgan fingerprint density at radius 2 is 1.78 bits per heavy atom. The van der Waals surface area contributed by atoms with E-state index in [1.165, 1.54) is 12.1 Å². The Balaban J connectivity index is 2.14. The average Bonchev–Trinajstić information content (AvgIpc) is 2.62. The summed E-state index contributed by atoms with van der Waals surface area (Å²) in [6, 6.07) is 6.27. The number of carbonyl (C=O) groups excluding carboxylic acids is 3. The van der Waals surface area contributed by atoms with Gasteiger partial charge in [-0.3, -0.25) is 9.59 Å². The van der Waals surface area contributed by atoms with Crippen LogP contribution in [0.1, 0.15) is 33.6 Å². The summed E-state index contributed by atoms with van der Waals surface area (Å²) in [6.07, 6.45) is 5.16. The molecule has 0 bridgehead atoms. The molecule has 0 fully saturated rings. The highest BCUT2D eigenvalue weighted by Crippen LogP contribution is 2.22. The Labute approximate surface area is 103 Å². The Kier molecular flexibility index (Phi) is 3.11. The second-order valence-electron chi connectivity index (χ2n) is 3.62. The van der Waals surface area contributed by atoms with Gasteiger partial charge in [0.2, 0.25) is 0 Å². The lowest BCUT2D eigenvalue weighted by Crippen LogP contribution is -2.32. The van der Waals surface area contributed by atoms with E-state index in [0.717, 1.165) is 0 Å². The van der Waals surface area contributed by atoms with Gasteiger partial charge in [0.1, 0.15) is 0 Å². The quantitative estimate of drug-likeness (QED) is 0.590. The van der Waals surface area contributed by atoms with Crippen LogP contribution in [-0.2, 0) is 9.63 Å². The van der Waals surface area contributed by atoms with Crippen LogP contribution >= 0.6 is 0 Å². The Morgan fingerprint density at radius 1 is 1.22 bits per heavy atom. The number of hydrogen-bond acceptors (Lipinski definition) is 4. The van der Waals surface area contributed by atoms with Gasteiger partial charge in [-0.2, -0.15) is 0 Å². The first-order valence-electron chi connectivity index (χ1n) is 5.27.